The van der Waals surface area contributed by atoms with Crippen LogP contribution in [0.4, 0.5) is 13.2 Å². The number of carbonyl (C=O) groups is 1. The molecule has 0 fully saturated rings. The third-order valence-corrected chi connectivity index (χ3v) is 5.53. The van der Waals surface area contributed by atoms with Crippen LogP contribution in [0.25, 0.3) is 21.9 Å². The largest absolute Gasteiger partial charge is 0.416 e. The van der Waals surface area contributed by atoms with Crippen LogP contribution in [0, 0.1) is 0 Å². The molecule has 3 rings (SSSR count). The lowest BCUT2D eigenvalue weighted by molar-refractivity contribution is -0.137. The van der Waals surface area contributed by atoms with E-state index in [1.165, 1.54) is 12.1 Å². The van der Waals surface area contributed by atoms with Crippen LogP contribution in [0.15, 0.2) is 72.1 Å². The summed E-state index contributed by atoms with van der Waals surface area (Å²) < 4.78 is 60.5. The Balaban J connectivity index is 1.72. The molecule has 1 N–H and O–H groups in total. The fourth-order valence-corrected chi connectivity index (χ4v) is 3.77. The third kappa shape index (κ3) is 6.20. The molecule has 0 aliphatic rings. The summed E-state index contributed by atoms with van der Waals surface area (Å²) in [6.07, 6.45) is -0.581. The van der Waals surface area contributed by atoms with Crippen LogP contribution in [-0.4, -0.2) is 27.1 Å². The number of alkyl halides is 3. The van der Waals surface area contributed by atoms with Crippen molar-refractivity contribution in [2.24, 2.45) is 0 Å². The normalized spacial score (nSPS) is 12.4. The number of hydrogen-bond acceptors (Lipinski definition) is 3. The number of amides is 1. The monoisotopic (exact) mass is 461 g/mol. The van der Waals surface area contributed by atoms with E-state index in [-0.39, 0.29) is 5.91 Å². The van der Waals surface area contributed by atoms with Crippen LogP contribution in [0.3, 0.4) is 0 Å². The molecule has 1 amide bonds. The van der Waals surface area contributed by atoms with Gasteiger partial charge in [-0.25, -0.2) is 8.42 Å². The van der Waals surface area contributed by atoms with Crippen LogP contribution in [0.5, 0.6) is 0 Å². The molecule has 4 nitrogen and oxygen atoms in total. The van der Waals surface area contributed by atoms with Gasteiger partial charge in [0.05, 0.1) is 5.56 Å². The molecule has 32 heavy (non-hydrogen) atoms. The van der Waals surface area contributed by atoms with E-state index in [4.69, 9.17) is 0 Å². The molecule has 168 valence electrons. The Bertz CT molecular complexity index is 1250. The molecule has 0 unspecified atom stereocenters. The van der Waals surface area contributed by atoms with Crippen LogP contribution < -0.4 is 5.32 Å². The Morgan fingerprint density at radius 2 is 1.75 bits per heavy atom. The van der Waals surface area contributed by atoms with Gasteiger partial charge in [0.25, 0.3) is 5.91 Å². The van der Waals surface area contributed by atoms with Crippen LogP contribution in [-0.2, 0) is 16.0 Å². The maximum absolute atomic E-state index is 12.8. The molecule has 0 spiro atoms. The SMILES string of the molecule is CS(=O)(=O)/C=C/CCCNC(=O)c1ccc2c(-c3ccc(C(F)(F)F)cc3)cccc2c1. The molecule has 0 radical (unpaired) electrons. The molecule has 3 aromatic carbocycles. The van der Waals surface area contributed by atoms with Gasteiger partial charge in [0, 0.05) is 23.8 Å². The number of rotatable bonds is 7. The van der Waals surface area contributed by atoms with Crippen molar-refractivity contribution >= 4 is 26.5 Å². The zero-order valence-electron chi connectivity index (χ0n) is 17.3. The van der Waals surface area contributed by atoms with Gasteiger partial charge in [0.2, 0.25) is 0 Å². The van der Waals surface area contributed by atoms with Gasteiger partial charge >= 0.3 is 6.18 Å². The quantitative estimate of drug-likeness (QED) is 0.466. The van der Waals surface area contributed by atoms with Crippen molar-refractivity contribution in [2.75, 3.05) is 12.8 Å². The Morgan fingerprint density at radius 1 is 1.03 bits per heavy atom. The number of carbonyl (C=O) groups excluding carboxylic acids is 1. The number of unbranched alkanes of at least 4 members (excludes halogenated alkanes) is 1. The van der Waals surface area contributed by atoms with E-state index in [1.807, 2.05) is 12.1 Å². The average Bonchev–Trinajstić information content (AvgIpc) is 2.74. The van der Waals surface area contributed by atoms with Gasteiger partial charge in [-0.05, 0) is 59.0 Å². The predicted octanol–water partition coefficient (Wildman–Crippen LogP) is 5.59. The Morgan fingerprint density at radius 3 is 2.41 bits per heavy atom. The van der Waals surface area contributed by atoms with Crippen molar-refractivity contribution in [1.82, 2.24) is 5.32 Å². The molecule has 0 bridgehead atoms. The van der Waals surface area contributed by atoms with E-state index in [2.05, 4.69) is 5.32 Å². The molecule has 0 saturated heterocycles. The minimum Gasteiger partial charge on any atom is -0.352 e. The van der Waals surface area contributed by atoms with Gasteiger partial charge in [0.1, 0.15) is 0 Å². The lowest BCUT2D eigenvalue weighted by atomic mass is 9.96. The molecule has 0 heterocycles. The van der Waals surface area contributed by atoms with Gasteiger partial charge in [-0.1, -0.05) is 42.5 Å². The molecular formula is C24H22F3NO3S. The average molecular weight is 462 g/mol. The molecule has 0 saturated carbocycles. The lowest BCUT2D eigenvalue weighted by Gasteiger charge is -2.11. The first-order valence-electron chi connectivity index (χ1n) is 9.90. The molecule has 8 heteroatoms. The number of halogens is 3. The van der Waals surface area contributed by atoms with Gasteiger partial charge in [0.15, 0.2) is 9.84 Å². The van der Waals surface area contributed by atoms with E-state index < -0.39 is 21.6 Å². The molecule has 0 atom stereocenters. The maximum atomic E-state index is 12.8. The summed E-state index contributed by atoms with van der Waals surface area (Å²) in [5.74, 6) is -0.251. The van der Waals surface area contributed by atoms with E-state index in [1.54, 1.807) is 30.3 Å². The van der Waals surface area contributed by atoms with Crippen LogP contribution >= 0.6 is 0 Å². The minimum absolute atomic E-state index is 0.251. The number of allylic oxidation sites excluding steroid dienone is 1. The topological polar surface area (TPSA) is 63.2 Å². The van der Waals surface area contributed by atoms with Gasteiger partial charge in [-0.15, -0.1) is 0 Å². The Kier molecular flexibility index (Phi) is 7.03. The summed E-state index contributed by atoms with van der Waals surface area (Å²) in [5, 5.41) is 5.57. The summed E-state index contributed by atoms with van der Waals surface area (Å²) >= 11 is 0. The molecular weight excluding hydrogens is 439 g/mol. The van der Waals surface area contributed by atoms with E-state index in [0.717, 1.165) is 40.1 Å². The van der Waals surface area contributed by atoms with E-state index in [0.29, 0.717) is 30.5 Å². The fraction of sp³-hybridized carbons (Fsp3) is 0.208. The van der Waals surface area contributed by atoms with Gasteiger partial charge in [-0.3, -0.25) is 4.79 Å². The van der Waals surface area contributed by atoms with Crippen LogP contribution in [0.1, 0.15) is 28.8 Å². The number of nitrogens with one attached hydrogen (secondary N) is 1. The second-order valence-electron chi connectivity index (χ2n) is 7.42. The summed E-state index contributed by atoms with van der Waals surface area (Å²) in [4.78, 5) is 12.4. The highest BCUT2D eigenvalue weighted by Crippen LogP contribution is 2.33. The zero-order valence-corrected chi connectivity index (χ0v) is 18.1. The molecule has 0 aliphatic carbocycles. The lowest BCUT2D eigenvalue weighted by Crippen LogP contribution is -2.24. The fourth-order valence-electron chi connectivity index (χ4n) is 3.28. The van der Waals surface area contributed by atoms with Crippen molar-refractivity contribution in [3.63, 3.8) is 0 Å². The summed E-state index contributed by atoms with van der Waals surface area (Å²) in [7, 11) is -3.14. The number of sulfone groups is 1. The Labute approximate surface area is 184 Å². The van der Waals surface area contributed by atoms with Crippen molar-refractivity contribution in [2.45, 2.75) is 19.0 Å². The second-order valence-corrected chi connectivity index (χ2v) is 9.35. The second kappa shape index (κ2) is 9.56. The van der Waals surface area contributed by atoms with Gasteiger partial charge < -0.3 is 5.32 Å². The van der Waals surface area contributed by atoms with Crippen molar-refractivity contribution < 1.29 is 26.4 Å². The van der Waals surface area contributed by atoms with Crippen LogP contribution in [0.2, 0.25) is 0 Å². The first-order valence-corrected chi connectivity index (χ1v) is 11.9. The smallest absolute Gasteiger partial charge is 0.352 e. The number of hydrogen-bond donors (Lipinski definition) is 1. The van der Waals surface area contributed by atoms with Crippen molar-refractivity contribution in [3.05, 3.63) is 83.3 Å². The maximum Gasteiger partial charge on any atom is 0.416 e. The minimum atomic E-state index is -4.39. The third-order valence-electron chi connectivity index (χ3n) is 4.84. The first-order chi connectivity index (χ1) is 15.0. The molecule has 0 aromatic heterocycles. The molecule has 0 aliphatic heterocycles. The zero-order chi connectivity index (χ0) is 23.4. The highest BCUT2D eigenvalue weighted by Gasteiger charge is 2.30. The summed E-state index contributed by atoms with van der Waals surface area (Å²) in [5.41, 5.74) is 1.20. The van der Waals surface area contributed by atoms with Gasteiger partial charge in [-0.2, -0.15) is 13.2 Å². The first kappa shape index (κ1) is 23.5. The molecule has 3 aromatic rings. The number of benzene rings is 3. The van der Waals surface area contributed by atoms with Crippen molar-refractivity contribution in [3.8, 4) is 11.1 Å². The summed E-state index contributed by atoms with van der Waals surface area (Å²) in [6, 6.07) is 15.7. The summed E-state index contributed by atoms with van der Waals surface area (Å²) in [6.45, 7) is 0.399. The predicted molar refractivity (Wildman–Crippen MR) is 120 cm³/mol. The van der Waals surface area contributed by atoms with E-state index >= 15 is 0 Å². The highest BCUT2D eigenvalue weighted by atomic mass is 32.2. The van der Waals surface area contributed by atoms with Crippen molar-refractivity contribution in [1.29, 1.82) is 0 Å². The van der Waals surface area contributed by atoms with E-state index in [9.17, 15) is 26.4 Å². The standard InChI is InChI=1S/C24H22F3NO3S/c1-32(30,31)15-4-2-3-14-28-23(29)19-10-13-22-18(16-19)6-5-7-21(22)17-8-11-20(12-9-17)24(25,26)27/h4-13,15-16H,2-3,14H2,1H3,(H,28,29)/b15-4+. The number of fused-ring (bicyclic) bond motifs is 1. The Hall–Kier alpha value is -3.13. The highest BCUT2D eigenvalue weighted by molar-refractivity contribution is 7.93.